The summed E-state index contributed by atoms with van der Waals surface area (Å²) >= 11 is 13.6. The molecule has 4 nitrogen and oxygen atoms in total. The lowest BCUT2D eigenvalue weighted by Crippen LogP contribution is -2.45. The Hall–Kier alpha value is -1.95. The first kappa shape index (κ1) is 21.3. The molecular formula is C23H23Cl2N3OS. The predicted molar refractivity (Wildman–Crippen MR) is 129 cm³/mol. The Balaban J connectivity index is 1.62. The molecule has 1 atom stereocenters. The van der Waals surface area contributed by atoms with Gasteiger partial charge in [-0.3, -0.25) is 4.79 Å². The smallest absolute Gasteiger partial charge is 0.264 e. The van der Waals surface area contributed by atoms with Crippen molar-refractivity contribution in [2.75, 3.05) is 11.9 Å². The van der Waals surface area contributed by atoms with Crippen LogP contribution in [-0.2, 0) is 4.79 Å². The van der Waals surface area contributed by atoms with Crippen molar-refractivity contribution in [3.05, 3.63) is 62.5 Å². The van der Waals surface area contributed by atoms with Gasteiger partial charge in [-0.15, -0.1) is 0 Å². The molecule has 2 aliphatic rings. The van der Waals surface area contributed by atoms with E-state index in [4.69, 9.17) is 23.2 Å². The Morgan fingerprint density at radius 3 is 2.80 bits per heavy atom. The van der Waals surface area contributed by atoms with Crippen LogP contribution in [0.25, 0.3) is 6.08 Å². The van der Waals surface area contributed by atoms with E-state index >= 15 is 0 Å². The number of carbonyl (C=O) groups excluding carboxylic acids is 1. The lowest BCUT2D eigenvalue weighted by molar-refractivity contribution is -0.115. The van der Waals surface area contributed by atoms with E-state index < -0.39 is 0 Å². The molecule has 7 heteroatoms. The van der Waals surface area contributed by atoms with Crippen molar-refractivity contribution in [1.82, 2.24) is 5.32 Å². The highest BCUT2D eigenvalue weighted by Crippen LogP contribution is 2.43. The summed E-state index contributed by atoms with van der Waals surface area (Å²) in [6.45, 7) is 6.81. The van der Waals surface area contributed by atoms with Gasteiger partial charge in [0.15, 0.2) is 5.17 Å². The van der Waals surface area contributed by atoms with E-state index in [-0.39, 0.29) is 11.4 Å². The highest BCUT2D eigenvalue weighted by Gasteiger charge is 2.34. The summed E-state index contributed by atoms with van der Waals surface area (Å²) in [4.78, 5) is 19.9. The largest absolute Gasteiger partial charge is 0.369 e. The summed E-state index contributed by atoms with van der Waals surface area (Å²) in [5, 5.41) is 4.09. The summed E-state index contributed by atoms with van der Waals surface area (Å²) in [6, 6.07) is 11.6. The third-order valence-electron chi connectivity index (χ3n) is 5.76. The third-order valence-corrected chi connectivity index (χ3v) is 7.48. The van der Waals surface area contributed by atoms with Gasteiger partial charge in [0, 0.05) is 18.3 Å². The monoisotopic (exact) mass is 459 g/mol. The molecule has 2 heterocycles. The number of benzene rings is 2. The van der Waals surface area contributed by atoms with Crippen molar-refractivity contribution in [2.24, 2.45) is 4.99 Å². The Morgan fingerprint density at radius 2 is 2.03 bits per heavy atom. The minimum absolute atomic E-state index is 0.126. The van der Waals surface area contributed by atoms with E-state index in [2.05, 4.69) is 61.2 Å². The van der Waals surface area contributed by atoms with Crippen LogP contribution in [-0.4, -0.2) is 23.7 Å². The molecule has 2 aliphatic heterocycles. The minimum atomic E-state index is -0.166. The van der Waals surface area contributed by atoms with Crippen molar-refractivity contribution in [2.45, 2.75) is 38.6 Å². The lowest BCUT2D eigenvalue weighted by atomic mass is 9.80. The first-order chi connectivity index (χ1) is 14.2. The quantitative estimate of drug-likeness (QED) is 0.513. The summed E-state index contributed by atoms with van der Waals surface area (Å²) in [5.41, 5.74) is 4.23. The lowest BCUT2D eigenvalue weighted by Gasteiger charge is -2.45. The summed E-state index contributed by atoms with van der Waals surface area (Å²) in [6.07, 6.45) is 3.00. The van der Waals surface area contributed by atoms with Gasteiger partial charge in [0.1, 0.15) is 0 Å². The fourth-order valence-corrected chi connectivity index (χ4v) is 5.18. The van der Waals surface area contributed by atoms with Crippen LogP contribution >= 0.6 is 35.0 Å². The van der Waals surface area contributed by atoms with E-state index in [1.54, 1.807) is 18.2 Å². The van der Waals surface area contributed by atoms with Gasteiger partial charge < -0.3 is 10.2 Å². The Kier molecular flexibility index (Phi) is 5.64. The van der Waals surface area contributed by atoms with Gasteiger partial charge in [0.25, 0.3) is 5.91 Å². The molecule has 1 amide bonds. The summed E-state index contributed by atoms with van der Waals surface area (Å²) < 4.78 is 0. The van der Waals surface area contributed by atoms with Gasteiger partial charge in [-0.2, -0.15) is 0 Å². The van der Waals surface area contributed by atoms with Gasteiger partial charge in [0.05, 0.1) is 20.6 Å². The first-order valence-electron chi connectivity index (χ1n) is 9.77. The molecule has 1 saturated heterocycles. The predicted octanol–water partition coefficient (Wildman–Crippen LogP) is 6.61. The van der Waals surface area contributed by atoms with Gasteiger partial charge in [0.2, 0.25) is 0 Å². The SMILES string of the molecule is CC1CC(C)(C)N(C)c2ccc(/C=C3/SC(=Nc4cccc(Cl)c4Cl)NC3=O)cc21. The molecule has 0 spiro atoms. The number of hydrogen-bond acceptors (Lipinski definition) is 4. The molecule has 0 radical (unpaired) electrons. The maximum Gasteiger partial charge on any atom is 0.264 e. The third kappa shape index (κ3) is 3.98. The summed E-state index contributed by atoms with van der Waals surface area (Å²) in [5.74, 6) is 0.289. The fraction of sp³-hybridized carbons (Fsp3) is 0.304. The molecule has 0 aromatic heterocycles. The number of fused-ring (bicyclic) bond motifs is 1. The maximum absolute atomic E-state index is 12.5. The topological polar surface area (TPSA) is 44.7 Å². The van der Waals surface area contributed by atoms with Crippen LogP contribution in [0.4, 0.5) is 11.4 Å². The molecule has 0 aliphatic carbocycles. The molecule has 0 bridgehead atoms. The van der Waals surface area contributed by atoms with Crippen LogP contribution in [0.15, 0.2) is 46.3 Å². The van der Waals surface area contributed by atoms with E-state index in [0.717, 1.165) is 12.0 Å². The number of hydrogen-bond donors (Lipinski definition) is 1. The molecule has 30 heavy (non-hydrogen) atoms. The second-order valence-corrected chi connectivity index (χ2v) is 10.2. The van der Waals surface area contributed by atoms with Gasteiger partial charge in [-0.05, 0) is 79.4 Å². The number of rotatable bonds is 2. The van der Waals surface area contributed by atoms with E-state index in [1.807, 2.05) is 6.08 Å². The molecule has 2 aromatic carbocycles. The van der Waals surface area contributed by atoms with Crippen molar-refractivity contribution in [3.8, 4) is 0 Å². The maximum atomic E-state index is 12.5. The molecule has 156 valence electrons. The van der Waals surface area contributed by atoms with E-state index in [0.29, 0.717) is 31.7 Å². The van der Waals surface area contributed by atoms with Gasteiger partial charge in [-0.25, -0.2) is 4.99 Å². The number of anilines is 1. The molecule has 1 N–H and O–H groups in total. The van der Waals surface area contributed by atoms with Crippen LogP contribution in [0.2, 0.25) is 10.0 Å². The van der Waals surface area contributed by atoms with Crippen LogP contribution in [0.1, 0.15) is 44.2 Å². The fourth-order valence-electron chi connectivity index (χ4n) is 4.01. The average molecular weight is 460 g/mol. The highest BCUT2D eigenvalue weighted by molar-refractivity contribution is 8.18. The van der Waals surface area contributed by atoms with Crippen LogP contribution in [0.5, 0.6) is 0 Å². The van der Waals surface area contributed by atoms with E-state index in [1.165, 1.54) is 23.0 Å². The molecule has 4 rings (SSSR count). The summed E-state index contributed by atoms with van der Waals surface area (Å²) in [7, 11) is 2.15. The van der Waals surface area contributed by atoms with Crippen molar-refractivity contribution in [3.63, 3.8) is 0 Å². The minimum Gasteiger partial charge on any atom is -0.369 e. The van der Waals surface area contributed by atoms with Gasteiger partial charge in [-0.1, -0.05) is 42.3 Å². The Morgan fingerprint density at radius 1 is 1.27 bits per heavy atom. The second-order valence-electron chi connectivity index (χ2n) is 8.35. The number of nitrogens with zero attached hydrogens (tertiary/aromatic N) is 2. The van der Waals surface area contributed by atoms with Crippen LogP contribution < -0.4 is 10.2 Å². The highest BCUT2D eigenvalue weighted by atomic mass is 35.5. The number of amides is 1. The second kappa shape index (κ2) is 7.95. The Bertz CT molecular complexity index is 1090. The molecule has 0 saturated carbocycles. The molecule has 2 aromatic rings. The zero-order valence-corrected chi connectivity index (χ0v) is 19.6. The standard InChI is InChI=1S/C23H23Cl2N3OS/c1-13-12-23(2,3)28(4)18-9-8-14(10-15(13)18)11-19-21(29)27-22(30-19)26-17-7-5-6-16(24)20(17)25/h5-11,13H,12H2,1-4H3,(H,26,27,29)/b19-11+. The number of thioether (sulfide) groups is 1. The molecule has 1 fully saturated rings. The van der Waals surface area contributed by atoms with Gasteiger partial charge >= 0.3 is 0 Å². The first-order valence-corrected chi connectivity index (χ1v) is 11.3. The number of carbonyl (C=O) groups is 1. The number of amidine groups is 1. The molecular weight excluding hydrogens is 437 g/mol. The zero-order valence-electron chi connectivity index (χ0n) is 17.3. The van der Waals surface area contributed by atoms with Crippen molar-refractivity contribution in [1.29, 1.82) is 0 Å². The van der Waals surface area contributed by atoms with Crippen LogP contribution in [0.3, 0.4) is 0 Å². The van der Waals surface area contributed by atoms with E-state index in [9.17, 15) is 4.79 Å². The Labute approximate surface area is 191 Å². The van der Waals surface area contributed by atoms with Crippen molar-refractivity contribution < 1.29 is 4.79 Å². The zero-order chi connectivity index (χ0) is 21.6. The molecule has 1 unspecified atom stereocenters. The normalized spacial score (nSPS) is 23.1. The van der Waals surface area contributed by atoms with Crippen molar-refractivity contribution >= 4 is 63.5 Å². The number of aliphatic imine (C=N–C) groups is 1. The average Bonchev–Trinajstić information content (AvgIpc) is 3.02. The van der Waals surface area contributed by atoms with Crippen LogP contribution in [0, 0.1) is 0 Å². The number of halogens is 2. The number of nitrogens with one attached hydrogen (secondary N) is 1.